The topological polar surface area (TPSA) is 68.7 Å². The number of nitrogens with zero attached hydrogens (tertiary/aromatic N) is 4. The van der Waals surface area contributed by atoms with E-state index in [0.717, 1.165) is 36.6 Å². The van der Waals surface area contributed by atoms with Crippen molar-refractivity contribution >= 4 is 16.9 Å². The van der Waals surface area contributed by atoms with Gasteiger partial charge in [0.25, 0.3) is 0 Å². The lowest BCUT2D eigenvalue weighted by molar-refractivity contribution is 0.00561. The second kappa shape index (κ2) is 5.61. The molecule has 122 valence electrons. The van der Waals surface area contributed by atoms with Gasteiger partial charge in [-0.1, -0.05) is 6.08 Å². The molecule has 6 heteroatoms. The zero-order chi connectivity index (χ0) is 16.6. The zero-order valence-electron chi connectivity index (χ0n) is 13.9. The highest BCUT2D eigenvalue weighted by Gasteiger charge is 2.21. The summed E-state index contributed by atoms with van der Waals surface area (Å²) in [5.74, 6) is 1.22. The third-order valence-corrected chi connectivity index (χ3v) is 3.80. The lowest BCUT2D eigenvalue weighted by Gasteiger charge is -2.33. The minimum atomic E-state index is -0.229. The van der Waals surface area contributed by atoms with Crippen molar-refractivity contribution in [3.63, 3.8) is 0 Å². The Balaban J connectivity index is 1.79. The van der Waals surface area contributed by atoms with Crippen LogP contribution in [0.5, 0.6) is 0 Å². The molecular formula is C17H23N5O. The summed E-state index contributed by atoms with van der Waals surface area (Å²) in [5, 5.41) is 4.31. The predicted molar refractivity (Wildman–Crippen MR) is 91.5 cm³/mol. The molecule has 3 heterocycles. The molecule has 0 atom stereocenters. The van der Waals surface area contributed by atoms with Gasteiger partial charge in [-0.15, -0.1) is 0 Å². The van der Waals surface area contributed by atoms with E-state index in [2.05, 4.69) is 27.6 Å². The summed E-state index contributed by atoms with van der Waals surface area (Å²) in [4.78, 5) is 6.17. The molecule has 0 saturated heterocycles. The van der Waals surface area contributed by atoms with Crippen molar-refractivity contribution in [2.24, 2.45) is 0 Å². The van der Waals surface area contributed by atoms with Crippen LogP contribution in [0.3, 0.4) is 0 Å². The minimum Gasteiger partial charge on any atom is -0.474 e. The molecule has 0 bridgehead atoms. The maximum absolute atomic E-state index is 5.89. The van der Waals surface area contributed by atoms with Crippen molar-refractivity contribution in [1.82, 2.24) is 19.5 Å². The van der Waals surface area contributed by atoms with E-state index in [4.69, 9.17) is 10.5 Å². The molecule has 0 unspecified atom stereocenters. The number of fused-ring (bicyclic) bond motifs is 1. The maximum atomic E-state index is 5.89. The Bertz CT molecular complexity index is 769. The van der Waals surface area contributed by atoms with Gasteiger partial charge >= 0.3 is 0 Å². The molecule has 0 aromatic carbocycles. The number of aromatic nitrogens is 3. The summed E-state index contributed by atoms with van der Waals surface area (Å²) in [5.41, 5.74) is 8.82. The largest absolute Gasteiger partial charge is 0.474 e. The molecule has 0 aliphatic carbocycles. The van der Waals surface area contributed by atoms with Crippen molar-refractivity contribution in [2.75, 3.05) is 18.8 Å². The number of anilines is 1. The Morgan fingerprint density at radius 1 is 1.35 bits per heavy atom. The van der Waals surface area contributed by atoms with E-state index in [9.17, 15) is 0 Å². The number of ether oxygens (including phenoxy) is 1. The molecule has 0 radical (unpaired) electrons. The summed E-state index contributed by atoms with van der Waals surface area (Å²) in [6.07, 6.45) is 4.59. The van der Waals surface area contributed by atoms with Gasteiger partial charge in [-0.25, -0.2) is 9.50 Å². The SMILES string of the molecule is C=C(OC(C)(C)C)N1CC=C(c2ccc3c(N)ncnn23)CC1. The first-order valence-corrected chi connectivity index (χ1v) is 7.75. The van der Waals surface area contributed by atoms with Crippen molar-refractivity contribution in [1.29, 1.82) is 0 Å². The van der Waals surface area contributed by atoms with Crippen LogP contribution in [0.4, 0.5) is 5.82 Å². The first kappa shape index (κ1) is 15.4. The van der Waals surface area contributed by atoms with Gasteiger partial charge in [0.2, 0.25) is 0 Å². The van der Waals surface area contributed by atoms with Gasteiger partial charge in [0.1, 0.15) is 17.4 Å². The molecule has 0 saturated carbocycles. The molecule has 3 rings (SSSR count). The molecule has 23 heavy (non-hydrogen) atoms. The third kappa shape index (κ3) is 3.16. The first-order chi connectivity index (χ1) is 10.8. The molecule has 1 aliphatic rings. The standard InChI is InChI=1S/C17H23N5O/c1-12(23-17(2,3)4)21-9-7-13(8-10-21)14-5-6-15-16(18)19-11-20-22(14)15/h5-7,11H,1,8-10H2,2-4H3,(H2,18,19,20). The van der Waals surface area contributed by atoms with Crippen LogP contribution in [0.25, 0.3) is 11.1 Å². The monoisotopic (exact) mass is 313 g/mol. The second-order valence-electron chi connectivity index (χ2n) is 6.69. The van der Waals surface area contributed by atoms with E-state index in [1.807, 2.05) is 37.4 Å². The fourth-order valence-corrected chi connectivity index (χ4v) is 2.74. The molecular weight excluding hydrogens is 290 g/mol. The number of nitrogens with two attached hydrogens (primary N) is 1. The Hall–Kier alpha value is -2.50. The highest BCUT2D eigenvalue weighted by atomic mass is 16.5. The molecule has 0 amide bonds. The molecule has 2 aromatic rings. The lowest BCUT2D eigenvalue weighted by Crippen LogP contribution is -2.32. The molecule has 6 nitrogen and oxygen atoms in total. The first-order valence-electron chi connectivity index (χ1n) is 7.75. The minimum absolute atomic E-state index is 0.229. The normalized spacial score (nSPS) is 15.6. The van der Waals surface area contributed by atoms with Crippen molar-refractivity contribution in [2.45, 2.75) is 32.8 Å². The summed E-state index contributed by atoms with van der Waals surface area (Å²) in [6, 6.07) is 4.00. The van der Waals surface area contributed by atoms with Gasteiger partial charge in [0, 0.05) is 13.1 Å². The van der Waals surface area contributed by atoms with Gasteiger partial charge in [-0.2, -0.15) is 5.10 Å². The second-order valence-corrected chi connectivity index (χ2v) is 6.69. The van der Waals surface area contributed by atoms with Crippen LogP contribution < -0.4 is 5.73 Å². The number of hydrogen-bond donors (Lipinski definition) is 1. The average molecular weight is 313 g/mol. The van der Waals surface area contributed by atoms with E-state index >= 15 is 0 Å². The number of rotatable bonds is 3. The smallest absolute Gasteiger partial charge is 0.182 e. The average Bonchev–Trinajstić information content (AvgIpc) is 2.91. The fourth-order valence-electron chi connectivity index (χ4n) is 2.74. The molecule has 2 aromatic heterocycles. The van der Waals surface area contributed by atoms with Crippen LogP contribution in [0.1, 0.15) is 32.9 Å². The van der Waals surface area contributed by atoms with E-state index < -0.39 is 0 Å². The van der Waals surface area contributed by atoms with Crippen LogP contribution in [-0.2, 0) is 4.74 Å². The van der Waals surface area contributed by atoms with Crippen molar-refractivity contribution in [3.8, 4) is 0 Å². The quantitative estimate of drug-likeness (QED) is 0.882. The molecule has 1 aliphatic heterocycles. The predicted octanol–water partition coefficient (Wildman–Crippen LogP) is 2.69. The molecule has 2 N–H and O–H groups in total. The van der Waals surface area contributed by atoms with Crippen LogP contribution in [0, 0.1) is 0 Å². The van der Waals surface area contributed by atoms with Crippen molar-refractivity contribution < 1.29 is 4.74 Å². The van der Waals surface area contributed by atoms with Crippen LogP contribution >= 0.6 is 0 Å². The molecule has 0 fully saturated rings. The summed E-state index contributed by atoms with van der Waals surface area (Å²) in [6.45, 7) is 11.8. The highest BCUT2D eigenvalue weighted by molar-refractivity contribution is 5.73. The number of nitrogen functional groups attached to an aromatic ring is 1. The molecule has 0 spiro atoms. The maximum Gasteiger partial charge on any atom is 0.182 e. The number of hydrogen-bond acceptors (Lipinski definition) is 5. The summed E-state index contributed by atoms with van der Waals surface area (Å²) >= 11 is 0. The van der Waals surface area contributed by atoms with E-state index in [1.165, 1.54) is 11.9 Å². The zero-order valence-corrected chi connectivity index (χ0v) is 13.9. The lowest BCUT2D eigenvalue weighted by atomic mass is 10.1. The Morgan fingerprint density at radius 2 is 2.13 bits per heavy atom. The van der Waals surface area contributed by atoms with Crippen LogP contribution in [0.15, 0.2) is 37.0 Å². The Morgan fingerprint density at radius 3 is 2.78 bits per heavy atom. The van der Waals surface area contributed by atoms with Gasteiger partial charge in [-0.05, 0) is 51.5 Å². The highest BCUT2D eigenvalue weighted by Crippen LogP contribution is 2.27. The van der Waals surface area contributed by atoms with Crippen LogP contribution in [-0.4, -0.2) is 38.2 Å². The van der Waals surface area contributed by atoms with Gasteiger partial charge < -0.3 is 15.4 Å². The van der Waals surface area contributed by atoms with Gasteiger partial charge in [0.15, 0.2) is 11.7 Å². The van der Waals surface area contributed by atoms with Gasteiger partial charge in [-0.3, -0.25) is 0 Å². The summed E-state index contributed by atoms with van der Waals surface area (Å²) < 4.78 is 7.70. The summed E-state index contributed by atoms with van der Waals surface area (Å²) in [7, 11) is 0. The van der Waals surface area contributed by atoms with Gasteiger partial charge in [0.05, 0.1) is 5.69 Å². The van der Waals surface area contributed by atoms with E-state index in [1.54, 1.807) is 0 Å². The van der Waals surface area contributed by atoms with Crippen LogP contribution in [0.2, 0.25) is 0 Å². The third-order valence-electron chi connectivity index (χ3n) is 3.80. The Labute approximate surface area is 136 Å². The fraction of sp³-hybridized carbons (Fsp3) is 0.412. The Kier molecular flexibility index (Phi) is 3.75. The van der Waals surface area contributed by atoms with E-state index in [0.29, 0.717) is 5.82 Å². The van der Waals surface area contributed by atoms with E-state index in [-0.39, 0.29) is 5.60 Å². The van der Waals surface area contributed by atoms with Crippen molar-refractivity contribution in [3.05, 3.63) is 42.7 Å².